The molecule has 6 heteroatoms. The van der Waals surface area contributed by atoms with Gasteiger partial charge in [-0.05, 0) is 30.5 Å². The molecule has 3 N–H and O–H groups in total. The zero-order chi connectivity index (χ0) is 13.2. The van der Waals surface area contributed by atoms with E-state index < -0.39 is 11.4 Å². The van der Waals surface area contributed by atoms with Crippen LogP contribution in [0, 0.1) is 0 Å². The van der Waals surface area contributed by atoms with Gasteiger partial charge in [-0.2, -0.15) is 0 Å². The molecule has 1 aromatic rings. The number of hydrazine groups is 1. The summed E-state index contributed by atoms with van der Waals surface area (Å²) in [5.74, 6) is -0.201. The van der Waals surface area contributed by atoms with E-state index in [9.17, 15) is 9.59 Å². The lowest BCUT2D eigenvalue weighted by Gasteiger charge is -2.16. The van der Waals surface area contributed by atoms with Gasteiger partial charge in [-0.1, -0.05) is 23.7 Å². The molecule has 0 heterocycles. The maximum absolute atomic E-state index is 12.0. The van der Waals surface area contributed by atoms with Gasteiger partial charge in [0.2, 0.25) is 5.91 Å². The Morgan fingerprint density at radius 2 is 1.78 bits per heavy atom. The summed E-state index contributed by atoms with van der Waals surface area (Å²) in [6.07, 6.45) is 1.55. The van der Waals surface area contributed by atoms with Gasteiger partial charge < -0.3 is 5.32 Å². The molecule has 3 amide bonds. The second-order valence-corrected chi connectivity index (χ2v) is 4.68. The SMILES string of the molecule is CNC(=O)NNC(=O)C1(c2ccc(Cl)cc2)CC1. The third kappa shape index (κ3) is 2.41. The van der Waals surface area contributed by atoms with E-state index in [1.807, 2.05) is 12.1 Å². The van der Waals surface area contributed by atoms with Crippen LogP contribution >= 0.6 is 11.6 Å². The van der Waals surface area contributed by atoms with Gasteiger partial charge in [0.25, 0.3) is 0 Å². The molecule has 2 rings (SSSR count). The van der Waals surface area contributed by atoms with Crippen molar-refractivity contribution in [3.63, 3.8) is 0 Å². The fourth-order valence-electron chi connectivity index (χ4n) is 1.84. The van der Waals surface area contributed by atoms with Crippen molar-refractivity contribution < 1.29 is 9.59 Å². The van der Waals surface area contributed by atoms with Crippen LogP contribution in [0.3, 0.4) is 0 Å². The summed E-state index contributed by atoms with van der Waals surface area (Å²) >= 11 is 5.82. The minimum Gasteiger partial charge on any atom is -0.340 e. The number of carbonyl (C=O) groups excluding carboxylic acids is 2. The molecule has 1 aromatic carbocycles. The number of halogens is 1. The first-order valence-electron chi connectivity index (χ1n) is 5.63. The molecule has 0 aromatic heterocycles. The number of rotatable bonds is 2. The smallest absolute Gasteiger partial charge is 0.333 e. The Hall–Kier alpha value is -1.75. The van der Waals surface area contributed by atoms with E-state index in [4.69, 9.17) is 11.6 Å². The van der Waals surface area contributed by atoms with Crippen LogP contribution in [0.1, 0.15) is 18.4 Å². The van der Waals surface area contributed by atoms with Crippen molar-refractivity contribution in [2.24, 2.45) is 0 Å². The Kier molecular flexibility index (Phi) is 3.43. The lowest BCUT2D eigenvalue weighted by molar-refractivity contribution is -0.124. The largest absolute Gasteiger partial charge is 0.340 e. The summed E-state index contributed by atoms with van der Waals surface area (Å²) in [6.45, 7) is 0. The summed E-state index contributed by atoms with van der Waals surface area (Å²) in [4.78, 5) is 23.0. The van der Waals surface area contributed by atoms with Crippen molar-refractivity contribution in [1.82, 2.24) is 16.2 Å². The van der Waals surface area contributed by atoms with Crippen LogP contribution in [0.25, 0.3) is 0 Å². The summed E-state index contributed by atoms with van der Waals surface area (Å²) in [5, 5.41) is 2.99. The van der Waals surface area contributed by atoms with Gasteiger partial charge in [0.15, 0.2) is 0 Å². The highest BCUT2D eigenvalue weighted by Crippen LogP contribution is 2.48. The molecule has 0 spiro atoms. The van der Waals surface area contributed by atoms with Crippen LogP contribution in [-0.2, 0) is 10.2 Å². The van der Waals surface area contributed by atoms with Crippen molar-refractivity contribution in [1.29, 1.82) is 0 Å². The Bertz CT molecular complexity index is 469. The van der Waals surface area contributed by atoms with Gasteiger partial charge in [-0.3, -0.25) is 10.2 Å². The summed E-state index contributed by atoms with van der Waals surface area (Å²) in [7, 11) is 1.48. The van der Waals surface area contributed by atoms with E-state index >= 15 is 0 Å². The molecule has 0 radical (unpaired) electrons. The Balaban J connectivity index is 2.05. The molecule has 18 heavy (non-hydrogen) atoms. The van der Waals surface area contributed by atoms with E-state index in [1.165, 1.54) is 7.05 Å². The van der Waals surface area contributed by atoms with Crippen LogP contribution in [0.15, 0.2) is 24.3 Å². The Labute approximate surface area is 110 Å². The molecule has 0 unspecified atom stereocenters. The second kappa shape index (κ2) is 4.86. The third-order valence-electron chi connectivity index (χ3n) is 3.10. The average molecular weight is 268 g/mol. The van der Waals surface area contributed by atoms with E-state index in [0.717, 1.165) is 18.4 Å². The molecule has 0 aliphatic heterocycles. The first-order chi connectivity index (χ1) is 8.58. The minimum absolute atomic E-state index is 0.201. The lowest BCUT2D eigenvalue weighted by Crippen LogP contribution is -2.49. The summed E-state index contributed by atoms with van der Waals surface area (Å²) < 4.78 is 0. The van der Waals surface area contributed by atoms with E-state index in [-0.39, 0.29) is 5.91 Å². The van der Waals surface area contributed by atoms with Crippen molar-refractivity contribution in [3.05, 3.63) is 34.9 Å². The van der Waals surface area contributed by atoms with E-state index in [2.05, 4.69) is 16.2 Å². The van der Waals surface area contributed by atoms with Crippen LogP contribution in [0.5, 0.6) is 0 Å². The van der Waals surface area contributed by atoms with Gasteiger partial charge in [-0.15, -0.1) is 0 Å². The normalized spacial score (nSPS) is 15.7. The van der Waals surface area contributed by atoms with Gasteiger partial charge in [0, 0.05) is 12.1 Å². The quantitative estimate of drug-likeness (QED) is 0.708. The number of benzene rings is 1. The number of carbonyl (C=O) groups is 2. The molecular formula is C12H14ClN3O2. The van der Waals surface area contributed by atoms with Crippen LogP contribution < -0.4 is 16.2 Å². The number of amides is 3. The van der Waals surface area contributed by atoms with Gasteiger partial charge in [0.05, 0.1) is 5.41 Å². The Morgan fingerprint density at radius 3 is 2.28 bits per heavy atom. The molecule has 1 fully saturated rings. The van der Waals surface area contributed by atoms with Crippen molar-refractivity contribution in [3.8, 4) is 0 Å². The van der Waals surface area contributed by atoms with Gasteiger partial charge in [-0.25, -0.2) is 10.2 Å². The molecule has 1 saturated carbocycles. The van der Waals surface area contributed by atoms with Crippen LogP contribution in [-0.4, -0.2) is 19.0 Å². The zero-order valence-electron chi connectivity index (χ0n) is 9.92. The molecule has 0 atom stereocenters. The maximum Gasteiger partial charge on any atom is 0.333 e. The number of hydrogen-bond acceptors (Lipinski definition) is 2. The maximum atomic E-state index is 12.0. The van der Waals surface area contributed by atoms with E-state index in [1.54, 1.807) is 12.1 Å². The second-order valence-electron chi connectivity index (χ2n) is 4.25. The third-order valence-corrected chi connectivity index (χ3v) is 3.35. The first kappa shape index (κ1) is 12.7. The predicted octanol–water partition coefficient (Wildman–Crippen LogP) is 1.33. The highest BCUT2D eigenvalue weighted by atomic mass is 35.5. The monoisotopic (exact) mass is 267 g/mol. The molecule has 1 aliphatic rings. The molecule has 96 valence electrons. The first-order valence-corrected chi connectivity index (χ1v) is 6.00. The standard InChI is InChI=1S/C12H14ClN3O2/c1-14-11(18)16-15-10(17)12(6-7-12)8-2-4-9(13)5-3-8/h2-5H,6-7H2,1H3,(H,15,17)(H2,14,16,18). The molecule has 0 bridgehead atoms. The molecule has 1 aliphatic carbocycles. The molecule has 0 saturated heterocycles. The summed E-state index contributed by atoms with van der Waals surface area (Å²) in [6, 6.07) is 6.76. The average Bonchev–Trinajstić information content (AvgIpc) is 3.17. The van der Waals surface area contributed by atoms with Crippen LogP contribution in [0.4, 0.5) is 4.79 Å². The topological polar surface area (TPSA) is 70.2 Å². The van der Waals surface area contributed by atoms with Crippen LogP contribution in [0.2, 0.25) is 5.02 Å². The fraction of sp³-hybridized carbons (Fsp3) is 0.333. The van der Waals surface area contributed by atoms with Crippen molar-refractivity contribution >= 4 is 23.5 Å². The Morgan fingerprint density at radius 1 is 1.17 bits per heavy atom. The number of hydrogen-bond donors (Lipinski definition) is 3. The van der Waals surface area contributed by atoms with E-state index in [0.29, 0.717) is 5.02 Å². The predicted molar refractivity (Wildman–Crippen MR) is 68.1 cm³/mol. The van der Waals surface area contributed by atoms with Gasteiger partial charge in [0.1, 0.15) is 0 Å². The summed E-state index contributed by atoms with van der Waals surface area (Å²) in [5.41, 5.74) is 5.10. The van der Waals surface area contributed by atoms with Crippen molar-refractivity contribution in [2.75, 3.05) is 7.05 Å². The highest BCUT2D eigenvalue weighted by molar-refractivity contribution is 6.30. The minimum atomic E-state index is -0.522. The lowest BCUT2D eigenvalue weighted by atomic mass is 9.95. The fourth-order valence-corrected chi connectivity index (χ4v) is 1.96. The highest BCUT2D eigenvalue weighted by Gasteiger charge is 2.51. The molecular weight excluding hydrogens is 254 g/mol. The number of urea groups is 1. The van der Waals surface area contributed by atoms with Crippen molar-refractivity contribution in [2.45, 2.75) is 18.3 Å². The zero-order valence-corrected chi connectivity index (χ0v) is 10.7. The number of nitrogens with one attached hydrogen (secondary N) is 3. The molecule has 5 nitrogen and oxygen atoms in total. The van der Waals surface area contributed by atoms with Gasteiger partial charge >= 0.3 is 6.03 Å².